The summed E-state index contributed by atoms with van der Waals surface area (Å²) in [5.41, 5.74) is 0.119. The summed E-state index contributed by atoms with van der Waals surface area (Å²) in [5, 5.41) is 7.76. The third-order valence-electron chi connectivity index (χ3n) is 4.46. The molecule has 130 valence electrons. The van der Waals surface area contributed by atoms with Crippen LogP contribution in [0.4, 0.5) is 0 Å². The Labute approximate surface area is 144 Å². The van der Waals surface area contributed by atoms with Crippen LogP contribution in [0.5, 0.6) is 0 Å². The van der Waals surface area contributed by atoms with Crippen LogP contribution < -0.4 is 5.69 Å². The Morgan fingerprint density at radius 3 is 2.42 bits per heavy atom. The number of rotatable bonds is 6. The van der Waals surface area contributed by atoms with Crippen molar-refractivity contribution in [1.82, 2.24) is 19.8 Å². The number of aryl methyl sites for hydroxylation is 1. The quantitative estimate of drug-likeness (QED) is 0.728. The average Bonchev–Trinajstić information content (AvgIpc) is 3.18. The van der Waals surface area contributed by atoms with Crippen molar-refractivity contribution in [3.63, 3.8) is 0 Å². The zero-order valence-corrected chi connectivity index (χ0v) is 14.7. The van der Waals surface area contributed by atoms with Crippen LogP contribution in [0.1, 0.15) is 38.5 Å². The molecule has 0 unspecified atom stereocenters. The summed E-state index contributed by atoms with van der Waals surface area (Å²) in [7, 11) is 1.49. The maximum Gasteiger partial charge on any atom is 0.368 e. The van der Waals surface area contributed by atoms with Gasteiger partial charge in [0.15, 0.2) is 0 Å². The Balaban J connectivity index is 1.69. The molecule has 1 fully saturated rings. The van der Waals surface area contributed by atoms with Gasteiger partial charge in [-0.15, -0.1) is 0 Å². The highest BCUT2D eigenvalue weighted by Crippen LogP contribution is 2.28. The predicted octanol–water partition coefficient (Wildman–Crippen LogP) is 2.33. The van der Waals surface area contributed by atoms with E-state index in [1.807, 2.05) is 0 Å². The van der Waals surface area contributed by atoms with Gasteiger partial charge in [0, 0.05) is 17.2 Å². The molecule has 0 atom stereocenters. The third-order valence-corrected chi connectivity index (χ3v) is 5.83. The van der Waals surface area contributed by atoms with Crippen molar-refractivity contribution < 1.29 is 8.42 Å². The summed E-state index contributed by atoms with van der Waals surface area (Å²) in [6, 6.07) is 5.63. The van der Waals surface area contributed by atoms with Gasteiger partial charge < -0.3 is 0 Å². The van der Waals surface area contributed by atoms with Gasteiger partial charge in [0.2, 0.25) is 0 Å². The van der Waals surface area contributed by atoms with Crippen LogP contribution in [-0.4, -0.2) is 28.2 Å². The van der Waals surface area contributed by atoms with Gasteiger partial charge in [-0.2, -0.15) is 9.36 Å². The van der Waals surface area contributed by atoms with E-state index < -0.39 is 9.05 Å². The maximum atomic E-state index is 12.3. The fourth-order valence-corrected chi connectivity index (χ4v) is 3.93. The summed E-state index contributed by atoms with van der Waals surface area (Å²) >= 11 is 0. The van der Waals surface area contributed by atoms with Crippen LogP contribution in [0, 0.1) is 5.92 Å². The standard InChI is InChI=1S/C15H19ClN4O3S/c16-24(22,23)14-9-7-13(8-10-14)20-15(21)19(17-18-20)11-3-6-12-4-1-2-5-12/h7-10,12H,1-6,11H2. The Morgan fingerprint density at radius 1 is 1.12 bits per heavy atom. The predicted molar refractivity (Wildman–Crippen MR) is 89.8 cm³/mol. The first kappa shape index (κ1) is 17.2. The topological polar surface area (TPSA) is 86.8 Å². The third kappa shape index (κ3) is 3.87. The van der Waals surface area contributed by atoms with Crippen molar-refractivity contribution in [2.75, 3.05) is 0 Å². The molecule has 0 aliphatic heterocycles. The molecule has 3 rings (SSSR count). The molecule has 0 saturated heterocycles. The number of halogens is 1. The van der Waals surface area contributed by atoms with Crippen molar-refractivity contribution in [3.05, 3.63) is 34.7 Å². The number of hydrogen-bond donors (Lipinski definition) is 0. The van der Waals surface area contributed by atoms with Crippen molar-refractivity contribution in [2.24, 2.45) is 5.92 Å². The molecule has 0 N–H and O–H groups in total. The van der Waals surface area contributed by atoms with Gasteiger partial charge >= 0.3 is 5.69 Å². The van der Waals surface area contributed by atoms with E-state index in [1.165, 1.54) is 54.6 Å². The van der Waals surface area contributed by atoms with Gasteiger partial charge in [-0.1, -0.05) is 25.7 Å². The minimum Gasteiger partial charge on any atom is -0.244 e. The number of hydrogen-bond acceptors (Lipinski definition) is 5. The minimum absolute atomic E-state index is 0.0232. The van der Waals surface area contributed by atoms with E-state index in [-0.39, 0.29) is 10.6 Å². The highest BCUT2D eigenvalue weighted by Gasteiger charge is 2.16. The SMILES string of the molecule is O=c1n(CCCC2CCCC2)nnn1-c1ccc(S(=O)(=O)Cl)cc1. The molecular weight excluding hydrogens is 352 g/mol. The Morgan fingerprint density at radius 2 is 1.79 bits per heavy atom. The van der Waals surface area contributed by atoms with E-state index in [9.17, 15) is 13.2 Å². The van der Waals surface area contributed by atoms with Crippen molar-refractivity contribution in [3.8, 4) is 5.69 Å². The van der Waals surface area contributed by atoms with Crippen LogP contribution in [0.2, 0.25) is 0 Å². The van der Waals surface area contributed by atoms with E-state index in [0.29, 0.717) is 12.2 Å². The fraction of sp³-hybridized carbons (Fsp3) is 0.533. The van der Waals surface area contributed by atoms with E-state index in [0.717, 1.165) is 23.4 Å². The molecule has 0 bridgehead atoms. The summed E-state index contributed by atoms with van der Waals surface area (Å²) in [6.45, 7) is 0.545. The van der Waals surface area contributed by atoms with E-state index in [4.69, 9.17) is 10.7 Å². The molecule has 0 amide bonds. The Hall–Kier alpha value is -1.67. The van der Waals surface area contributed by atoms with Crippen LogP contribution in [0.25, 0.3) is 5.69 Å². The molecule has 1 aromatic carbocycles. The average molecular weight is 371 g/mol. The second-order valence-electron chi connectivity index (χ2n) is 6.12. The summed E-state index contributed by atoms with van der Waals surface area (Å²) in [5.74, 6) is 0.779. The highest BCUT2D eigenvalue weighted by atomic mass is 35.7. The molecule has 1 aliphatic carbocycles. The number of benzene rings is 1. The molecule has 24 heavy (non-hydrogen) atoms. The number of tetrazole rings is 1. The molecule has 1 aromatic heterocycles. The van der Waals surface area contributed by atoms with Crippen LogP contribution in [-0.2, 0) is 15.6 Å². The molecular formula is C15H19ClN4O3S. The molecule has 1 saturated carbocycles. The van der Waals surface area contributed by atoms with E-state index >= 15 is 0 Å². The fourth-order valence-electron chi connectivity index (χ4n) is 3.16. The smallest absolute Gasteiger partial charge is 0.244 e. The molecule has 2 aromatic rings. The van der Waals surface area contributed by atoms with Gasteiger partial charge in [0.1, 0.15) is 0 Å². The molecule has 7 nitrogen and oxygen atoms in total. The lowest BCUT2D eigenvalue weighted by molar-refractivity contribution is 0.438. The normalized spacial score (nSPS) is 15.9. The van der Waals surface area contributed by atoms with Crippen molar-refractivity contribution in [1.29, 1.82) is 0 Å². The summed E-state index contributed by atoms with van der Waals surface area (Å²) in [6.07, 6.45) is 7.23. The van der Waals surface area contributed by atoms with Crippen LogP contribution in [0.3, 0.4) is 0 Å². The summed E-state index contributed by atoms with van der Waals surface area (Å²) in [4.78, 5) is 12.3. The molecule has 0 radical (unpaired) electrons. The van der Waals surface area contributed by atoms with Gasteiger partial charge in [0.05, 0.1) is 10.6 Å². The first-order valence-electron chi connectivity index (χ1n) is 8.03. The Bertz CT molecular complexity index is 852. The van der Waals surface area contributed by atoms with Gasteiger partial charge in [-0.3, -0.25) is 0 Å². The first-order chi connectivity index (χ1) is 11.4. The largest absolute Gasteiger partial charge is 0.368 e. The monoisotopic (exact) mass is 370 g/mol. The highest BCUT2D eigenvalue weighted by molar-refractivity contribution is 8.13. The number of aromatic nitrogens is 4. The van der Waals surface area contributed by atoms with E-state index in [1.54, 1.807) is 0 Å². The van der Waals surface area contributed by atoms with E-state index in [2.05, 4.69) is 10.4 Å². The lowest BCUT2D eigenvalue weighted by Gasteiger charge is -2.07. The van der Waals surface area contributed by atoms with Crippen molar-refractivity contribution >= 4 is 19.7 Å². The molecule has 1 heterocycles. The maximum absolute atomic E-state index is 12.3. The number of nitrogens with zero attached hydrogens (tertiary/aromatic N) is 4. The van der Waals surface area contributed by atoms with Crippen LogP contribution in [0.15, 0.2) is 34.0 Å². The lowest BCUT2D eigenvalue weighted by Crippen LogP contribution is -2.24. The summed E-state index contributed by atoms with van der Waals surface area (Å²) < 4.78 is 25.0. The zero-order valence-electron chi connectivity index (χ0n) is 13.1. The van der Waals surface area contributed by atoms with Gasteiger partial charge in [-0.05, 0) is 53.5 Å². The van der Waals surface area contributed by atoms with Gasteiger partial charge in [0.25, 0.3) is 9.05 Å². The molecule has 9 heteroatoms. The van der Waals surface area contributed by atoms with Crippen molar-refractivity contribution in [2.45, 2.75) is 50.0 Å². The molecule has 0 spiro atoms. The van der Waals surface area contributed by atoms with Crippen LogP contribution >= 0.6 is 10.7 Å². The second kappa shape index (κ2) is 7.06. The second-order valence-corrected chi connectivity index (χ2v) is 8.69. The molecule has 1 aliphatic rings. The Kier molecular flexibility index (Phi) is 5.05. The minimum atomic E-state index is -3.78. The lowest BCUT2D eigenvalue weighted by atomic mass is 10.0. The van der Waals surface area contributed by atoms with Gasteiger partial charge in [-0.25, -0.2) is 13.2 Å². The zero-order chi connectivity index (χ0) is 17.2. The first-order valence-corrected chi connectivity index (χ1v) is 10.3.